The number of nitrogens with one attached hydrogen (secondary N) is 2. The summed E-state index contributed by atoms with van der Waals surface area (Å²) in [5, 5.41) is 21.3. The summed E-state index contributed by atoms with van der Waals surface area (Å²) in [6.45, 7) is 2.95. The van der Waals surface area contributed by atoms with Gasteiger partial charge in [-0.15, -0.1) is 5.10 Å². The van der Waals surface area contributed by atoms with E-state index in [1.165, 1.54) is 30.8 Å². The zero-order valence-corrected chi connectivity index (χ0v) is 16.6. The third-order valence-corrected chi connectivity index (χ3v) is 4.17. The smallest absolute Gasteiger partial charge is 0.413 e. The topological polar surface area (TPSA) is 144 Å². The lowest BCUT2D eigenvalue weighted by atomic mass is 10.2. The van der Waals surface area contributed by atoms with Gasteiger partial charge < -0.3 is 9.84 Å². The van der Waals surface area contributed by atoms with E-state index in [1.54, 1.807) is 6.92 Å². The molecule has 0 aliphatic carbocycles. The van der Waals surface area contributed by atoms with Crippen molar-refractivity contribution in [3.05, 3.63) is 47.4 Å². The number of halogens is 2. The molecule has 0 aliphatic heterocycles. The number of hydrogen-bond acceptors (Lipinski definition) is 7. The predicted molar refractivity (Wildman–Crippen MR) is 103 cm³/mol. The quantitative estimate of drug-likeness (QED) is 0.520. The summed E-state index contributed by atoms with van der Waals surface area (Å²) in [6, 6.07) is 3.87. The van der Waals surface area contributed by atoms with Crippen LogP contribution >= 0.6 is 0 Å². The standard InChI is InChI=1S/C18H17F2N7O4/c1-8-12(23-17(28)29)4-5-13(22-8)14-16(27(3)26-25-14)24-18(30)31-9(2)11-6-10(19)7-21-15(11)20/h4-7,9,23H,1-3H3,(H,24,30)(H,28,29)/t9-/m1/s1. The molecule has 0 saturated heterocycles. The highest BCUT2D eigenvalue weighted by Crippen LogP contribution is 2.27. The van der Waals surface area contributed by atoms with Gasteiger partial charge in [0.1, 0.15) is 11.9 Å². The van der Waals surface area contributed by atoms with Crippen LogP contribution in [0.15, 0.2) is 24.4 Å². The highest BCUT2D eigenvalue weighted by atomic mass is 19.1. The molecule has 2 amide bonds. The minimum Gasteiger partial charge on any atom is -0.465 e. The molecule has 0 fully saturated rings. The number of carbonyl (C=O) groups excluding carboxylic acids is 1. The molecule has 0 saturated carbocycles. The molecule has 3 aromatic heterocycles. The maximum Gasteiger partial charge on any atom is 0.413 e. The van der Waals surface area contributed by atoms with Crippen LogP contribution in [-0.2, 0) is 11.8 Å². The average Bonchev–Trinajstić information content (AvgIpc) is 3.05. The van der Waals surface area contributed by atoms with E-state index in [0.29, 0.717) is 17.6 Å². The van der Waals surface area contributed by atoms with Crippen LogP contribution in [0.3, 0.4) is 0 Å². The maximum absolute atomic E-state index is 13.8. The Labute approximate surface area is 174 Å². The predicted octanol–water partition coefficient (Wildman–Crippen LogP) is 3.26. The number of rotatable bonds is 5. The Morgan fingerprint density at radius 1 is 1.26 bits per heavy atom. The van der Waals surface area contributed by atoms with E-state index in [2.05, 4.69) is 30.9 Å². The molecule has 0 aliphatic rings. The van der Waals surface area contributed by atoms with Crippen LogP contribution in [0.1, 0.15) is 24.3 Å². The fourth-order valence-corrected chi connectivity index (χ4v) is 2.68. The highest BCUT2D eigenvalue weighted by Gasteiger charge is 2.21. The number of aryl methyl sites for hydroxylation is 2. The second-order valence-electron chi connectivity index (χ2n) is 6.38. The number of ether oxygens (including phenoxy) is 1. The first-order valence-corrected chi connectivity index (χ1v) is 8.82. The molecule has 162 valence electrons. The molecule has 3 rings (SSSR count). The van der Waals surface area contributed by atoms with E-state index in [4.69, 9.17) is 9.84 Å². The molecule has 3 heterocycles. The van der Waals surface area contributed by atoms with E-state index in [1.807, 2.05) is 0 Å². The molecule has 3 N–H and O–H groups in total. The number of amides is 2. The molecule has 3 aromatic rings. The van der Waals surface area contributed by atoms with Gasteiger partial charge in [-0.1, -0.05) is 5.21 Å². The zero-order chi connectivity index (χ0) is 22.7. The number of anilines is 2. The van der Waals surface area contributed by atoms with Crippen LogP contribution in [0.5, 0.6) is 0 Å². The minimum atomic E-state index is -1.23. The second kappa shape index (κ2) is 8.69. The van der Waals surface area contributed by atoms with Crippen LogP contribution < -0.4 is 10.6 Å². The molecule has 11 nitrogen and oxygen atoms in total. The molecule has 0 aromatic carbocycles. The number of carbonyl (C=O) groups is 2. The van der Waals surface area contributed by atoms with Gasteiger partial charge in [-0.3, -0.25) is 10.6 Å². The third-order valence-electron chi connectivity index (χ3n) is 4.17. The number of hydrogen-bond donors (Lipinski definition) is 3. The summed E-state index contributed by atoms with van der Waals surface area (Å²) < 4.78 is 33.5. The van der Waals surface area contributed by atoms with E-state index >= 15 is 0 Å². The minimum absolute atomic E-state index is 0.126. The number of aromatic nitrogens is 5. The highest BCUT2D eigenvalue weighted by molar-refractivity contribution is 5.88. The fourth-order valence-electron chi connectivity index (χ4n) is 2.68. The summed E-state index contributed by atoms with van der Waals surface area (Å²) in [7, 11) is 1.51. The van der Waals surface area contributed by atoms with E-state index in [-0.39, 0.29) is 22.8 Å². The van der Waals surface area contributed by atoms with Crippen molar-refractivity contribution in [1.29, 1.82) is 0 Å². The van der Waals surface area contributed by atoms with Gasteiger partial charge in [-0.2, -0.15) is 4.39 Å². The first-order valence-electron chi connectivity index (χ1n) is 8.82. The van der Waals surface area contributed by atoms with Crippen LogP contribution in [0.4, 0.5) is 29.9 Å². The Morgan fingerprint density at radius 2 is 2.00 bits per heavy atom. The Morgan fingerprint density at radius 3 is 2.68 bits per heavy atom. The number of pyridine rings is 2. The van der Waals surface area contributed by atoms with Gasteiger partial charge in [-0.25, -0.2) is 28.6 Å². The maximum atomic E-state index is 13.8. The zero-order valence-electron chi connectivity index (χ0n) is 16.6. The summed E-state index contributed by atoms with van der Waals surface area (Å²) in [4.78, 5) is 30.7. The van der Waals surface area contributed by atoms with Crippen molar-refractivity contribution in [3.63, 3.8) is 0 Å². The van der Waals surface area contributed by atoms with Gasteiger partial charge in [0.15, 0.2) is 11.5 Å². The Balaban J connectivity index is 1.80. The van der Waals surface area contributed by atoms with Crippen molar-refractivity contribution in [2.75, 3.05) is 10.6 Å². The summed E-state index contributed by atoms with van der Waals surface area (Å²) >= 11 is 0. The van der Waals surface area contributed by atoms with Crippen LogP contribution in [0.2, 0.25) is 0 Å². The Bertz CT molecular complexity index is 1150. The molecule has 31 heavy (non-hydrogen) atoms. The first kappa shape index (κ1) is 21.5. The second-order valence-corrected chi connectivity index (χ2v) is 6.38. The molecule has 0 unspecified atom stereocenters. The molecule has 1 atom stereocenters. The lowest BCUT2D eigenvalue weighted by molar-refractivity contribution is 0.118. The number of carboxylic acid groups (broad SMARTS) is 1. The average molecular weight is 433 g/mol. The summed E-state index contributed by atoms with van der Waals surface area (Å²) in [6.07, 6.45) is -2.62. The lowest BCUT2D eigenvalue weighted by Crippen LogP contribution is -2.19. The van der Waals surface area contributed by atoms with Crippen molar-refractivity contribution in [3.8, 4) is 11.4 Å². The molecule has 13 heteroatoms. The van der Waals surface area contributed by atoms with Gasteiger partial charge in [0.05, 0.1) is 28.8 Å². The molecular formula is C18H17F2N7O4. The van der Waals surface area contributed by atoms with E-state index in [9.17, 15) is 18.4 Å². The fraction of sp³-hybridized carbons (Fsp3) is 0.222. The van der Waals surface area contributed by atoms with Crippen molar-refractivity contribution in [2.45, 2.75) is 20.0 Å². The van der Waals surface area contributed by atoms with Gasteiger partial charge in [0.2, 0.25) is 5.95 Å². The largest absolute Gasteiger partial charge is 0.465 e. The van der Waals surface area contributed by atoms with Gasteiger partial charge in [0.25, 0.3) is 0 Å². The molecular weight excluding hydrogens is 416 g/mol. The lowest BCUT2D eigenvalue weighted by Gasteiger charge is -2.15. The normalized spacial score (nSPS) is 11.6. The van der Waals surface area contributed by atoms with Gasteiger partial charge in [0, 0.05) is 7.05 Å². The Hall–Kier alpha value is -4.16. The molecule has 0 spiro atoms. The summed E-state index contributed by atoms with van der Waals surface area (Å²) in [5.41, 5.74) is 0.939. The first-order chi connectivity index (χ1) is 14.7. The van der Waals surface area contributed by atoms with Crippen LogP contribution in [0, 0.1) is 18.7 Å². The molecule has 0 radical (unpaired) electrons. The molecule has 0 bridgehead atoms. The van der Waals surface area contributed by atoms with E-state index in [0.717, 1.165) is 6.07 Å². The third kappa shape index (κ3) is 4.88. The van der Waals surface area contributed by atoms with Crippen LogP contribution in [0.25, 0.3) is 11.4 Å². The van der Waals surface area contributed by atoms with Crippen LogP contribution in [-0.4, -0.2) is 42.3 Å². The van der Waals surface area contributed by atoms with Crippen molar-refractivity contribution in [1.82, 2.24) is 25.0 Å². The Kier molecular flexibility index (Phi) is 6.04. The van der Waals surface area contributed by atoms with E-state index < -0.39 is 30.1 Å². The van der Waals surface area contributed by atoms with Gasteiger partial charge >= 0.3 is 12.2 Å². The monoisotopic (exact) mass is 433 g/mol. The van der Waals surface area contributed by atoms with Gasteiger partial charge in [-0.05, 0) is 32.0 Å². The summed E-state index contributed by atoms with van der Waals surface area (Å²) in [5.74, 6) is -1.60. The number of nitrogens with zero attached hydrogens (tertiary/aromatic N) is 5. The van der Waals surface area contributed by atoms with Crippen molar-refractivity contribution >= 4 is 23.7 Å². The SMILES string of the molecule is Cc1nc(-c2nnn(C)c2NC(=O)O[C@H](C)c2cc(F)cnc2F)ccc1NC(=O)O. The van der Waals surface area contributed by atoms with Crippen molar-refractivity contribution in [2.24, 2.45) is 7.05 Å². The van der Waals surface area contributed by atoms with Crippen molar-refractivity contribution < 1.29 is 28.2 Å².